The SMILES string of the molecule is CCOC(=O)Nc1cccc(OC(=O)CCCc2cccs2)c1. The summed E-state index contributed by atoms with van der Waals surface area (Å²) < 4.78 is 10.1. The topological polar surface area (TPSA) is 64.6 Å². The van der Waals surface area contributed by atoms with Crippen LogP contribution in [0.1, 0.15) is 24.6 Å². The van der Waals surface area contributed by atoms with E-state index in [1.54, 1.807) is 42.5 Å². The van der Waals surface area contributed by atoms with E-state index in [2.05, 4.69) is 11.4 Å². The van der Waals surface area contributed by atoms with Crippen molar-refractivity contribution in [3.8, 4) is 5.75 Å². The molecule has 0 unspecified atom stereocenters. The van der Waals surface area contributed by atoms with E-state index in [9.17, 15) is 9.59 Å². The van der Waals surface area contributed by atoms with E-state index < -0.39 is 6.09 Å². The molecule has 0 saturated carbocycles. The number of rotatable bonds is 7. The number of carbonyl (C=O) groups is 2. The molecular weight excluding hydrogens is 314 g/mol. The van der Waals surface area contributed by atoms with Crippen molar-refractivity contribution >= 4 is 29.1 Å². The molecule has 0 saturated heterocycles. The van der Waals surface area contributed by atoms with Gasteiger partial charge in [-0.05, 0) is 43.3 Å². The van der Waals surface area contributed by atoms with Gasteiger partial charge in [0.1, 0.15) is 5.75 Å². The van der Waals surface area contributed by atoms with E-state index >= 15 is 0 Å². The first-order chi connectivity index (χ1) is 11.2. The van der Waals surface area contributed by atoms with Crippen LogP contribution in [-0.2, 0) is 16.0 Å². The molecule has 1 N–H and O–H groups in total. The van der Waals surface area contributed by atoms with Crippen LogP contribution in [-0.4, -0.2) is 18.7 Å². The van der Waals surface area contributed by atoms with Crippen molar-refractivity contribution in [2.45, 2.75) is 26.2 Å². The predicted molar refractivity (Wildman–Crippen MR) is 90.0 cm³/mol. The molecule has 1 aromatic heterocycles. The van der Waals surface area contributed by atoms with Gasteiger partial charge in [0.25, 0.3) is 0 Å². The van der Waals surface area contributed by atoms with E-state index in [0.29, 0.717) is 24.5 Å². The zero-order valence-electron chi connectivity index (χ0n) is 12.9. The molecule has 5 nitrogen and oxygen atoms in total. The van der Waals surface area contributed by atoms with Gasteiger partial charge in [0.15, 0.2) is 0 Å². The molecule has 23 heavy (non-hydrogen) atoms. The maximum atomic E-state index is 11.8. The number of benzene rings is 1. The van der Waals surface area contributed by atoms with E-state index in [-0.39, 0.29) is 5.97 Å². The van der Waals surface area contributed by atoms with Gasteiger partial charge in [-0.15, -0.1) is 11.3 Å². The Labute approximate surface area is 139 Å². The van der Waals surface area contributed by atoms with Crippen molar-refractivity contribution < 1.29 is 19.1 Å². The third kappa shape index (κ3) is 6.12. The summed E-state index contributed by atoms with van der Waals surface area (Å²) in [6.07, 6.45) is 1.44. The van der Waals surface area contributed by atoms with E-state index in [1.165, 1.54) is 4.88 Å². The first-order valence-corrected chi connectivity index (χ1v) is 8.32. The molecule has 0 radical (unpaired) electrons. The molecule has 122 valence electrons. The fourth-order valence-corrected chi connectivity index (χ4v) is 2.72. The van der Waals surface area contributed by atoms with Crippen molar-refractivity contribution in [2.75, 3.05) is 11.9 Å². The average Bonchev–Trinajstić information content (AvgIpc) is 3.01. The highest BCUT2D eigenvalue weighted by atomic mass is 32.1. The van der Waals surface area contributed by atoms with Crippen molar-refractivity contribution in [3.05, 3.63) is 46.7 Å². The van der Waals surface area contributed by atoms with E-state index in [0.717, 1.165) is 12.8 Å². The molecular formula is C17H19NO4S. The molecule has 0 atom stereocenters. The monoisotopic (exact) mass is 333 g/mol. The lowest BCUT2D eigenvalue weighted by Crippen LogP contribution is -2.13. The minimum absolute atomic E-state index is 0.283. The molecule has 2 aromatic rings. The first kappa shape index (κ1) is 17.0. The Morgan fingerprint density at radius 2 is 2.09 bits per heavy atom. The zero-order valence-corrected chi connectivity index (χ0v) is 13.7. The van der Waals surface area contributed by atoms with Crippen molar-refractivity contribution in [3.63, 3.8) is 0 Å². The second-order valence-corrected chi connectivity index (χ2v) is 5.81. The van der Waals surface area contributed by atoms with Gasteiger partial charge >= 0.3 is 12.1 Å². The van der Waals surface area contributed by atoms with Crippen LogP contribution in [0, 0.1) is 0 Å². The Morgan fingerprint density at radius 3 is 2.83 bits per heavy atom. The Morgan fingerprint density at radius 1 is 1.22 bits per heavy atom. The second kappa shape index (κ2) is 8.95. The molecule has 0 fully saturated rings. The lowest BCUT2D eigenvalue weighted by atomic mass is 10.2. The summed E-state index contributed by atoms with van der Waals surface area (Å²) in [5.74, 6) is 0.121. The molecule has 0 bridgehead atoms. The number of amides is 1. The largest absolute Gasteiger partial charge is 0.450 e. The van der Waals surface area contributed by atoms with Gasteiger partial charge < -0.3 is 9.47 Å². The van der Waals surface area contributed by atoms with Crippen LogP contribution in [0.25, 0.3) is 0 Å². The smallest absolute Gasteiger partial charge is 0.411 e. The van der Waals surface area contributed by atoms with Gasteiger partial charge in [-0.3, -0.25) is 10.1 Å². The lowest BCUT2D eigenvalue weighted by Gasteiger charge is -2.08. The Kier molecular flexibility index (Phi) is 6.62. The van der Waals surface area contributed by atoms with Gasteiger partial charge in [-0.1, -0.05) is 12.1 Å². The van der Waals surface area contributed by atoms with E-state index in [4.69, 9.17) is 9.47 Å². The molecule has 0 spiro atoms. The van der Waals surface area contributed by atoms with Gasteiger partial charge in [-0.25, -0.2) is 4.79 Å². The summed E-state index contributed by atoms with van der Waals surface area (Å²) in [4.78, 5) is 24.5. The van der Waals surface area contributed by atoms with Crippen molar-refractivity contribution in [1.82, 2.24) is 0 Å². The predicted octanol–water partition coefficient (Wildman–Crippen LogP) is 4.24. The molecule has 6 heteroatoms. The normalized spacial score (nSPS) is 10.1. The Bertz CT molecular complexity index is 640. The van der Waals surface area contributed by atoms with Crippen LogP contribution >= 0.6 is 11.3 Å². The molecule has 0 aliphatic rings. The lowest BCUT2D eigenvalue weighted by molar-refractivity contribution is -0.134. The minimum atomic E-state index is -0.535. The summed E-state index contributed by atoms with van der Waals surface area (Å²) in [7, 11) is 0. The standard InChI is InChI=1S/C17H19NO4S/c1-2-21-17(20)18-13-6-3-7-14(12-13)22-16(19)10-4-8-15-9-5-11-23-15/h3,5-7,9,11-12H,2,4,8,10H2,1H3,(H,18,20). The third-order valence-electron chi connectivity index (χ3n) is 2.97. The number of thiophene rings is 1. The number of nitrogens with one attached hydrogen (secondary N) is 1. The van der Waals surface area contributed by atoms with Crippen LogP contribution in [0.5, 0.6) is 5.75 Å². The molecule has 1 amide bonds. The summed E-state index contributed by atoms with van der Waals surface area (Å²) in [5, 5.41) is 4.59. The van der Waals surface area contributed by atoms with Crippen LogP contribution in [0.3, 0.4) is 0 Å². The summed E-state index contributed by atoms with van der Waals surface area (Å²) in [6.45, 7) is 2.03. The molecule has 1 heterocycles. The van der Waals surface area contributed by atoms with Crippen LogP contribution in [0.2, 0.25) is 0 Å². The highest BCUT2D eigenvalue weighted by Gasteiger charge is 2.07. The van der Waals surface area contributed by atoms with Gasteiger partial charge in [0, 0.05) is 23.1 Å². The number of ether oxygens (including phenoxy) is 2. The summed E-state index contributed by atoms with van der Waals surface area (Å²) in [6, 6.07) is 10.7. The van der Waals surface area contributed by atoms with Crippen LogP contribution < -0.4 is 10.1 Å². The minimum Gasteiger partial charge on any atom is -0.450 e. The molecule has 1 aromatic carbocycles. The number of hydrogen-bond acceptors (Lipinski definition) is 5. The number of hydrogen-bond donors (Lipinski definition) is 1. The van der Waals surface area contributed by atoms with Crippen LogP contribution in [0.15, 0.2) is 41.8 Å². The third-order valence-corrected chi connectivity index (χ3v) is 3.91. The summed E-state index contributed by atoms with van der Waals surface area (Å²) >= 11 is 1.69. The van der Waals surface area contributed by atoms with Gasteiger partial charge in [0.2, 0.25) is 0 Å². The number of esters is 1. The Hall–Kier alpha value is -2.34. The molecule has 2 rings (SSSR count). The Balaban J connectivity index is 1.79. The van der Waals surface area contributed by atoms with Gasteiger partial charge in [0.05, 0.1) is 6.61 Å². The number of carbonyl (C=O) groups excluding carboxylic acids is 2. The quantitative estimate of drug-likeness (QED) is 0.608. The molecule has 0 aliphatic carbocycles. The molecule has 0 aliphatic heterocycles. The maximum absolute atomic E-state index is 11.8. The fourth-order valence-electron chi connectivity index (χ4n) is 1.97. The number of aryl methyl sites for hydroxylation is 1. The highest BCUT2D eigenvalue weighted by molar-refractivity contribution is 7.09. The maximum Gasteiger partial charge on any atom is 0.411 e. The van der Waals surface area contributed by atoms with Crippen LogP contribution in [0.4, 0.5) is 10.5 Å². The zero-order chi connectivity index (χ0) is 16.5. The number of anilines is 1. The highest BCUT2D eigenvalue weighted by Crippen LogP contribution is 2.19. The fraction of sp³-hybridized carbons (Fsp3) is 0.294. The average molecular weight is 333 g/mol. The van der Waals surface area contributed by atoms with Crippen molar-refractivity contribution in [1.29, 1.82) is 0 Å². The second-order valence-electron chi connectivity index (χ2n) is 4.78. The van der Waals surface area contributed by atoms with E-state index in [1.807, 2.05) is 11.4 Å². The van der Waals surface area contributed by atoms with Crippen molar-refractivity contribution in [2.24, 2.45) is 0 Å². The van der Waals surface area contributed by atoms with Gasteiger partial charge in [-0.2, -0.15) is 0 Å². The summed E-state index contributed by atoms with van der Waals surface area (Å²) in [5.41, 5.74) is 0.521. The first-order valence-electron chi connectivity index (χ1n) is 7.44.